The van der Waals surface area contributed by atoms with Crippen molar-refractivity contribution in [3.05, 3.63) is 48.0 Å². The normalized spacial score (nSPS) is 34.7. The highest BCUT2D eigenvalue weighted by Gasteiger charge is 2.56. The van der Waals surface area contributed by atoms with E-state index in [0.29, 0.717) is 6.54 Å². The van der Waals surface area contributed by atoms with E-state index in [1.165, 1.54) is 4.90 Å². The number of benzene rings is 1. The Labute approximate surface area is 118 Å². The number of carbonyl (C=O) groups is 2. The van der Waals surface area contributed by atoms with E-state index in [-0.39, 0.29) is 35.5 Å². The third-order valence-corrected chi connectivity index (χ3v) is 5.03. The van der Waals surface area contributed by atoms with E-state index in [1.807, 2.05) is 30.3 Å². The molecule has 4 aliphatic rings. The van der Waals surface area contributed by atoms with Crippen molar-refractivity contribution in [1.82, 2.24) is 4.90 Å². The molecule has 0 N–H and O–H groups in total. The number of hydrogen-bond donors (Lipinski definition) is 0. The van der Waals surface area contributed by atoms with Crippen LogP contribution in [-0.4, -0.2) is 16.7 Å². The standard InChI is InChI=1S/C17H17NO2/c19-16-14-12-6-7-13(9-8-12)15(14)17(20)18(16)10-11-4-2-1-3-5-11/h1-7,12-15H,8-10H2/t12-,13-,14+,15+/m0/s1. The van der Waals surface area contributed by atoms with Crippen LogP contribution in [0.15, 0.2) is 42.5 Å². The van der Waals surface area contributed by atoms with Gasteiger partial charge in [0.2, 0.25) is 11.8 Å². The van der Waals surface area contributed by atoms with Crippen molar-refractivity contribution in [3.63, 3.8) is 0 Å². The maximum Gasteiger partial charge on any atom is 0.234 e. The molecular weight excluding hydrogens is 250 g/mol. The Hall–Kier alpha value is -1.90. The number of allylic oxidation sites excluding steroid dienone is 2. The van der Waals surface area contributed by atoms with E-state index in [2.05, 4.69) is 12.2 Å². The van der Waals surface area contributed by atoms with Crippen LogP contribution in [0.2, 0.25) is 0 Å². The predicted octanol–water partition coefficient (Wildman–Crippen LogP) is 2.38. The highest BCUT2D eigenvalue weighted by Crippen LogP contribution is 2.49. The van der Waals surface area contributed by atoms with Crippen LogP contribution in [0.25, 0.3) is 0 Å². The van der Waals surface area contributed by atoms with Gasteiger partial charge in [0.15, 0.2) is 0 Å². The van der Waals surface area contributed by atoms with Gasteiger partial charge in [0.1, 0.15) is 0 Å². The fraction of sp³-hybridized carbons (Fsp3) is 0.412. The molecule has 1 heterocycles. The van der Waals surface area contributed by atoms with Gasteiger partial charge in [-0.05, 0) is 30.2 Å². The van der Waals surface area contributed by atoms with Crippen LogP contribution in [0.5, 0.6) is 0 Å². The molecule has 2 amide bonds. The molecule has 3 nitrogen and oxygen atoms in total. The lowest BCUT2D eigenvalue weighted by Gasteiger charge is -2.38. The molecule has 0 aromatic heterocycles. The maximum absolute atomic E-state index is 12.6. The average Bonchev–Trinajstić information content (AvgIpc) is 2.77. The van der Waals surface area contributed by atoms with Crippen LogP contribution < -0.4 is 0 Å². The van der Waals surface area contributed by atoms with Gasteiger partial charge in [-0.15, -0.1) is 0 Å². The van der Waals surface area contributed by atoms with Crippen molar-refractivity contribution in [2.24, 2.45) is 23.7 Å². The molecule has 1 aromatic rings. The van der Waals surface area contributed by atoms with Crippen molar-refractivity contribution in [2.75, 3.05) is 0 Å². The summed E-state index contributed by atoms with van der Waals surface area (Å²) in [5, 5.41) is 0. The van der Waals surface area contributed by atoms with Crippen molar-refractivity contribution in [3.8, 4) is 0 Å². The Bertz CT molecular complexity index is 560. The Kier molecular flexibility index (Phi) is 2.56. The van der Waals surface area contributed by atoms with Gasteiger partial charge in [-0.2, -0.15) is 0 Å². The molecule has 0 spiro atoms. The van der Waals surface area contributed by atoms with Crippen LogP contribution in [0.3, 0.4) is 0 Å². The highest BCUT2D eigenvalue weighted by molar-refractivity contribution is 6.05. The van der Waals surface area contributed by atoms with Gasteiger partial charge in [0.05, 0.1) is 18.4 Å². The van der Waals surface area contributed by atoms with Crippen molar-refractivity contribution in [2.45, 2.75) is 19.4 Å². The number of carbonyl (C=O) groups excluding carboxylic acids is 2. The summed E-state index contributed by atoms with van der Waals surface area (Å²) in [6.45, 7) is 0.422. The van der Waals surface area contributed by atoms with Gasteiger partial charge >= 0.3 is 0 Å². The zero-order valence-corrected chi connectivity index (χ0v) is 11.2. The monoisotopic (exact) mass is 267 g/mol. The molecule has 1 saturated heterocycles. The summed E-state index contributed by atoms with van der Waals surface area (Å²) in [6.07, 6.45) is 6.43. The van der Waals surface area contributed by atoms with E-state index >= 15 is 0 Å². The summed E-state index contributed by atoms with van der Waals surface area (Å²) in [5.41, 5.74) is 1.02. The van der Waals surface area contributed by atoms with E-state index in [1.54, 1.807) is 0 Å². The first kappa shape index (κ1) is 11.9. The Balaban J connectivity index is 1.64. The first-order valence-electron chi connectivity index (χ1n) is 7.33. The van der Waals surface area contributed by atoms with Crippen molar-refractivity contribution < 1.29 is 9.59 Å². The first-order chi connectivity index (χ1) is 9.75. The van der Waals surface area contributed by atoms with Gasteiger partial charge in [0, 0.05) is 0 Å². The lowest BCUT2D eigenvalue weighted by molar-refractivity contribution is -0.140. The number of fused-ring (bicyclic) bond motifs is 1. The van der Waals surface area contributed by atoms with Crippen LogP contribution in [0.1, 0.15) is 18.4 Å². The second-order valence-electron chi connectivity index (χ2n) is 6.09. The first-order valence-corrected chi connectivity index (χ1v) is 7.33. The second-order valence-corrected chi connectivity index (χ2v) is 6.09. The minimum atomic E-state index is -0.0880. The van der Waals surface area contributed by atoms with E-state index in [4.69, 9.17) is 0 Å². The van der Waals surface area contributed by atoms with Gasteiger partial charge in [-0.25, -0.2) is 0 Å². The lowest BCUT2D eigenvalue weighted by atomic mass is 9.63. The van der Waals surface area contributed by atoms with Crippen LogP contribution in [-0.2, 0) is 16.1 Å². The topological polar surface area (TPSA) is 37.4 Å². The molecule has 102 valence electrons. The second kappa shape index (κ2) is 4.30. The van der Waals surface area contributed by atoms with Crippen molar-refractivity contribution >= 4 is 11.8 Å². The molecule has 1 aliphatic heterocycles. The summed E-state index contributed by atoms with van der Waals surface area (Å²) in [7, 11) is 0. The summed E-state index contributed by atoms with van der Waals surface area (Å²) < 4.78 is 0. The molecule has 4 atom stereocenters. The minimum Gasteiger partial charge on any atom is -0.278 e. The number of amides is 2. The van der Waals surface area contributed by atoms with Crippen LogP contribution in [0, 0.1) is 23.7 Å². The highest BCUT2D eigenvalue weighted by atomic mass is 16.2. The molecule has 20 heavy (non-hydrogen) atoms. The fourth-order valence-corrected chi connectivity index (χ4v) is 4.06. The molecule has 1 aromatic carbocycles. The molecule has 0 radical (unpaired) electrons. The third-order valence-electron chi connectivity index (χ3n) is 5.03. The molecule has 2 fully saturated rings. The van der Waals surface area contributed by atoms with Crippen molar-refractivity contribution in [1.29, 1.82) is 0 Å². The maximum atomic E-state index is 12.6. The minimum absolute atomic E-state index is 0.0444. The molecular formula is C17H17NO2. The molecule has 0 unspecified atom stereocenters. The third kappa shape index (κ3) is 1.59. The lowest BCUT2D eigenvalue weighted by Crippen LogP contribution is -2.38. The Morgan fingerprint density at radius 1 is 0.900 bits per heavy atom. The zero-order valence-electron chi connectivity index (χ0n) is 11.2. The van der Waals surface area contributed by atoms with E-state index < -0.39 is 0 Å². The largest absolute Gasteiger partial charge is 0.278 e. The summed E-state index contributed by atoms with van der Waals surface area (Å²) in [4.78, 5) is 26.7. The summed E-state index contributed by atoms with van der Waals surface area (Å²) >= 11 is 0. The molecule has 2 bridgehead atoms. The van der Waals surface area contributed by atoms with Gasteiger partial charge in [0.25, 0.3) is 0 Å². The quantitative estimate of drug-likeness (QED) is 0.609. The summed E-state index contributed by atoms with van der Waals surface area (Å²) in [6, 6.07) is 9.77. The Morgan fingerprint density at radius 2 is 1.45 bits per heavy atom. The average molecular weight is 267 g/mol. The smallest absolute Gasteiger partial charge is 0.234 e. The van der Waals surface area contributed by atoms with Crippen LogP contribution >= 0.6 is 0 Å². The number of rotatable bonds is 2. The number of likely N-dealkylation sites (tertiary alicyclic amines) is 1. The summed E-state index contributed by atoms with van der Waals surface area (Å²) in [5.74, 6) is 0.472. The molecule has 5 rings (SSSR count). The van der Waals surface area contributed by atoms with E-state index in [9.17, 15) is 9.59 Å². The predicted molar refractivity (Wildman–Crippen MR) is 74.3 cm³/mol. The zero-order chi connectivity index (χ0) is 13.7. The van der Waals surface area contributed by atoms with Gasteiger partial charge < -0.3 is 0 Å². The molecule has 3 aliphatic carbocycles. The number of hydrogen-bond acceptors (Lipinski definition) is 2. The molecule has 3 heteroatoms. The fourth-order valence-electron chi connectivity index (χ4n) is 4.06. The Morgan fingerprint density at radius 3 is 1.95 bits per heavy atom. The van der Waals surface area contributed by atoms with Crippen LogP contribution in [0.4, 0.5) is 0 Å². The molecule has 1 saturated carbocycles. The number of imide groups is 1. The SMILES string of the molecule is O=C1[C@H]2[C@H](C(=O)N1Cc1ccccc1)[C@H]1C=C[C@H]2CC1. The van der Waals surface area contributed by atoms with E-state index in [0.717, 1.165) is 18.4 Å². The number of nitrogens with zero attached hydrogens (tertiary/aromatic N) is 1. The van der Waals surface area contributed by atoms with Gasteiger partial charge in [-0.3, -0.25) is 14.5 Å². The van der Waals surface area contributed by atoms with Gasteiger partial charge in [-0.1, -0.05) is 42.5 Å².